The Morgan fingerprint density at radius 3 is 1.18 bits per heavy atom. The summed E-state index contributed by atoms with van der Waals surface area (Å²) in [5.41, 5.74) is 0. The Kier molecular flexibility index (Phi) is 31.2. The maximum atomic E-state index is 9.41. The minimum Gasteiger partial charge on any atom is -0.545 e. The summed E-state index contributed by atoms with van der Waals surface area (Å²) in [6.07, 6.45) is 0.769. The van der Waals surface area contributed by atoms with Gasteiger partial charge in [-0.3, -0.25) is 0 Å². The van der Waals surface area contributed by atoms with Crippen molar-refractivity contribution in [3.63, 3.8) is 0 Å². The van der Waals surface area contributed by atoms with Crippen LogP contribution in [0.4, 0.5) is 0 Å². The number of carbonyl (C=O) groups excluding carboxylic acids is 2. The maximum Gasteiger partial charge on any atom is 1.00 e. The van der Waals surface area contributed by atoms with E-state index < -0.39 is 11.9 Å². The number of carbonyl (C=O) groups is 2. The zero-order valence-electron chi connectivity index (χ0n) is 6.29. The minimum absolute atomic E-state index is 0. The second-order valence-corrected chi connectivity index (χ2v) is 0.971. The number of hydrogen-bond acceptors (Lipinski definition) is 4. The molecule has 0 saturated heterocycles. The van der Waals surface area contributed by atoms with Gasteiger partial charge in [0.2, 0.25) is 0 Å². The van der Waals surface area contributed by atoms with Crippen LogP contribution < -0.4 is 127 Å². The average molecular weight is 303 g/mol. The monoisotopic (exact) mass is 302 g/mol. The molecule has 0 aliphatic rings. The van der Waals surface area contributed by atoms with Crippen LogP contribution in [0.5, 0.6) is 0 Å². The standard InChI is InChI=1S/C4H4O4.H2O.2Rb/c5-3(6)1-2-4(7)8;;;/h1-2H,(H,5,6)(H,7,8);1H2;;/q;;2*+1/p-2/b2-1+;;;. The van der Waals surface area contributed by atoms with Gasteiger partial charge in [0, 0.05) is 0 Å². The van der Waals surface area contributed by atoms with Gasteiger partial charge in [-0.05, 0) is 12.2 Å². The molecule has 0 atom stereocenters. The first-order chi connectivity index (χ1) is 3.63. The molecule has 0 aliphatic carbocycles. The van der Waals surface area contributed by atoms with Crippen LogP contribution in [0.1, 0.15) is 0 Å². The van der Waals surface area contributed by atoms with E-state index in [2.05, 4.69) is 0 Å². The molecule has 0 saturated carbocycles. The van der Waals surface area contributed by atoms with Crippen LogP contribution in [0.25, 0.3) is 0 Å². The molecule has 0 bridgehead atoms. The van der Waals surface area contributed by atoms with Gasteiger partial charge < -0.3 is 25.3 Å². The number of hydrogen-bond donors (Lipinski definition) is 0. The SMILES string of the molecule is O.O=C([O-])/C=C/C(=O)[O-].[Rb+].[Rb+]. The zero-order valence-corrected chi connectivity index (χ0v) is 16.1. The minimum atomic E-state index is -1.55. The molecule has 2 N–H and O–H groups in total. The van der Waals surface area contributed by atoms with E-state index in [4.69, 9.17) is 0 Å². The van der Waals surface area contributed by atoms with E-state index in [9.17, 15) is 19.8 Å². The molecule has 0 aromatic carbocycles. The molecule has 7 heteroatoms. The third-order valence-corrected chi connectivity index (χ3v) is 0.355. The van der Waals surface area contributed by atoms with Crippen LogP contribution in [0.15, 0.2) is 12.2 Å². The molecule has 5 nitrogen and oxygen atoms in total. The van der Waals surface area contributed by atoms with Gasteiger partial charge >= 0.3 is 116 Å². The van der Waals surface area contributed by atoms with Gasteiger partial charge in [0.25, 0.3) is 0 Å². The summed E-state index contributed by atoms with van der Waals surface area (Å²) < 4.78 is 0. The Labute approximate surface area is 161 Å². The van der Waals surface area contributed by atoms with E-state index in [1.807, 2.05) is 0 Å². The van der Waals surface area contributed by atoms with Crippen LogP contribution >= 0.6 is 0 Å². The first kappa shape index (κ1) is 23.2. The van der Waals surface area contributed by atoms with E-state index in [0.29, 0.717) is 12.2 Å². The summed E-state index contributed by atoms with van der Waals surface area (Å²) in [4.78, 5) is 18.8. The van der Waals surface area contributed by atoms with Crippen molar-refractivity contribution >= 4 is 11.9 Å². The van der Waals surface area contributed by atoms with Crippen molar-refractivity contribution in [3.8, 4) is 0 Å². The molecule has 52 valence electrons. The van der Waals surface area contributed by atoms with Crippen LogP contribution in [0.2, 0.25) is 0 Å². The first-order valence-electron chi connectivity index (χ1n) is 1.73. The third-order valence-electron chi connectivity index (χ3n) is 0.355. The van der Waals surface area contributed by atoms with Gasteiger partial charge in [-0.25, -0.2) is 0 Å². The molecule has 0 unspecified atom stereocenters. The Bertz CT molecular complexity index is 127. The zero-order chi connectivity index (χ0) is 6.57. The predicted octanol–water partition coefficient (Wildman–Crippen LogP) is -9.77. The van der Waals surface area contributed by atoms with Gasteiger partial charge in [0.15, 0.2) is 0 Å². The topological polar surface area (TPSA) is 112 Å². The largest absolute Gasteiger partial charge is 1.00 e. The van der Waals surface area contributed by atoms with Crippen molar-refractivity contribution < 1.29 is 142 Å². The fourth-order valence-electron chi connectivity index (χ4n) is 0.136. The summed E-state index contributed by atoms with van der Waals surface area (Å²) in [7, 11) is 0. The van der Waals surface area contributed by atoms with Crippen LogP contribution in [-0.2, 0) is 9.59 Å². The summed E-state index contributed by atoms with van der Waals surface area (Å²) in [5, 5.41) is 18.8. The smallest absolute Gasteiger partial charge is 0.545 e. The third kappa shape index (κ3) is 24.5. The second kappa shape index (κ2) is 14.8. The average Bonchev–Trinajstić information content (AvgIpc) is 1.61. The van der Waals surface area contributed by atoms with Gasteiger partial charge in [-0.2, -0.15) is 0 Å². The van der Waals surface area contributed by atoms with Gasteiger partial charge in [0.05, 0.1) is 11.9 Å². The van der Waals surface area contributed by atoms with Crippen molar-refractivity contribution in [3.05, 3.63) is 12.2 Å². The quantitative estimate of drug-likeness (QED) is 0.471. The van der Waals surface area contributed by atoms with Crippen molar-refractivity contribution in [2.75, 3.05) is 0 Å². The second-order valence-electron chi connectivity index (χ2n) is 0.971. The number of carboxylic acids is 2. The first-order valence-corrected chi connectivity index (χ1v) is 1.73. The van der Waals surface area contributed by atoms with Crippen LogP contribution in [0.3, 0.4) is 0 Å². The summed E-state index contributed by atoms with van der Waals surface area (Å²) >= 11 is 0. The molecular formula is C4H4O5Rb2. The van der Waals surface area contributed by atoms with E-state index >= 15 is 0 Å². The summed E-state index contributed by atoms with van der Waals surface area (Å²) in [6.45, 7) is 0. The Morgan fingerprint density at radius 2 is 1.09 bits per heavy atom. The van der Waals surface area contributed by atoms with Gasteiger partial charge in [-0.1, -0.05) is 0 Å². The summed E-state index contributed by atoms with van der Waals surface area (Å²) in [5.74, 6) is -3.09. The fraction of sp³-hybridized carbons (Fsp3) is 0. The number of aliphatic carboxylic acids is 2. The predicted molar refractivity (Wildman–Crippen MR) is 22.8 cm³/mol. The van der Waals surface area contributed by atoms with Crippen LogP contribution in [0, 0.1) is 0 Å². The molecule has 0 heterocycles. The molecular weight excluding hydrogens is 299 g/mol. The van der Waals surface area contributed by atoms with E-state index in [0.717, 1.165) is 0 Å². The van der Waals surface area contributed by atoms with E-state index in [-0.39, 0.29) is 122 Å². The molecule has 0 rings (SSSR count). The maximum absolute atomic E-state index is 9.41. The van der Waals surface area contributed by atoms with Crippen molar-refractivity contribution in [2.24, 2.45) is 0 Å². The molecule has 0 radical (unpaired) electrons. The van der Waals surface area contributed by atoms with Gasteiger partial charge in [-0.15, -0.1) is 0 Å². The summed E-state index contributed by atoms with van der Waals surface area (Å²) in [6, 6.07) is 0. The molecule has 0 aromatic heterocycles. The Balaban J connectivity index is -0.0000000817. The Hall–Kier alpha value is 2.25. The molecule has 0 amide bonds. The van der Waals surface area contributed by atoms with E-state index in [1.54, 1.807) is 0 Å². The van der Waals surface area contributed by atoms with Crippen molar-refractivity contribution in [1.82, 2.24) is 0 Å². The molecule has 0 aromatic rings. The normalized spacial score (nSPS) is 6.91. The number of carboxylic acid groups (broad SMARTS) is 2. The van der Waals surface area contributed by atoms with Crippen molar-refractivity contribution in [1.29, 1.82) is 0 Å². The molecule has 0 aliphatic heterocycles. The van der Waals surface area contributed by atoms with Gasteiger partial charge in [0.1, 0.15) is 0 Å². The van der Waals surface area contributed by atoms with Crippen molar-refractivity contribution in [2.45, 2.75) is 0 Å². The Morgan fingerprint density at radius 1 is 0.909 bits per heavy atom. The fourth-order valence-corrected chi connectivity index (χ4v) is 0.136. The number of rotatable bonds is 2. The molecule has 11 heavy (non-hydrogen) atoms. The molecule has 0 fully saturated rings. The van der Waals surface area contributed by atoms with E-state index in [1.165, 1.54) is 0 Å². The van der Waals surface area contributed by atoms with Crippen LogP contribution in [-0.4, -0.2) is 17.4 Å². The molecule has 0 spiro atoms.